The molecule has 3 nitrogen and oxygen atoms in total. The fourth-order valence-corrected chi connectivity index (χ4v) is 1.35. The van der Waals surface area contributed by atoms with Gasteiger partial charge < -0.3 is 5.32 Å². The van der Waals surface area contributed by atoms with E-state index < -0.39 is 0 Å². The molecule has 13 heavy (non-hydrogen) atoms. The zero-order chi connectivity index (χ0) is 9.26. The monoisotopic (exact) mass is 177 g/mol. The highest BCUT2D eigenvalue weighted by Crippen LogP contribution is 2.39. The molecule has 0 spiro atoms. The number of anilines is 1. The van der Waals surface area contributed by atoms with Crippen LogP contribution in [0.4, 0.5) is 5.82 Å². The summed E-state index contributed by atoms with van der Waals surface area (Å²) in [4.78, 5) is 8.43. The van der Waals surface area contributed by atoms with Crippen molar-refractivity contribution in [2.24, 2.45) is 0 Å². The second-order valence-electron chi connectivity index (χ2n) is 3.90. The first-order chi connectivity index (χ1) is 6.25. The molecule has 1 fully saturated rings. The van der Waals surface area contributed by atoms with Gasteiger partial charge in [-0.05, 0) is 26.7 Å². The summed E-state index contributed by atoms with van der Waals surface area (Å²) in [7, 11) is 0. The summed E-state index contributed by atoms with van der Waals surface area (Å²) in [6.07, 6.45) is 4.23. The van der Waals surface area contributed by atoms with E-state index >= 15 is 0 Å². The molecule has 0 saturated heterocycles. The molecule has 1 aromatic heterocycles. The van der Waals surface area contributed by atoms with Crippen LogP contribution in [0.25, 0.3) is 0 Å². The van der Waals surface area contributed by atoms with Crippen molar-refractivity contribution in [2.75, 3.05) is 5.32 Å². The Morgan fingerprint density at radius 2 is 2.15 bits per heavy atom. The standard InChI is InChI=1S/C10H15N3/c1-7(2)13-10-5-9(8-3-4-8)11-6-12-10/h5-8H,3-4H2,1-2H3,(H,11,12,13). The summed E-state index contributed by atoms with van der Waals surface area (Å²) >= 11 is 0. The van der Waals surface area contributed by atoms with Crippen molar-refractivity contribution in [3.8, 4) is 0 Å². The third kappa shape index (κ3) is 2.17. The molecule has 1 saturated carbocycles. The molecule has 0 aromatic carbocycles. The SMILES string of the molecule is CC(C)Nc1cc(C2CC2)ncn1. The maximum atomic E-state index is 4.26. The van der Waals surface area contributed by atoms with Gasteiger partial charge in [-0.2, -0.15) is 0 Å². The Labute approximate surface area is 78.6 Å². The van der Waals surface area contributed by atoms with Gasteiger partial charge in [0.15, 0.2) is 0 Å². The molecule has 3 heteroatoms. The highest BCUT2D eigenvalue weighted by Gasteiger charge is 2.25. The lowest BCUT2D eigenvalue weighted by molar-refractivity contribution is 0.879. The highest BCUT2D eigenvalue weighted by molar-refractivity contribution is 5.37. The molecule has 0 unspecified atom stereocenters. The Kier molecular flexibility index (Phi) is 2.17. The molecule has 2 rings (SSSR count). The van der Waals surface area contributed by atoms with Gasteiger partial charge in [-0.15, -0.1) is 0 Å². The maximum absolute atomic E-state index is 4.26. The number of nitrogens with one attached hydrogen (secondary N) is 1. The van der Waals surface area contributed by atoms with E-state index in [-0.39, 0.29) is 0 Å². The van der Waals surface area contributed by atoms with Crippen LogP contribution in [0.3, 0.4) is 0 Å². The lowest BCUT2D eigenvalue weighted by Crippen LogP contribution is -2.11. The lowest BCUT2D eigenvalue weighted by atomic mass is 10.2. The fourth-order valence-electron chi connectivity index (χ4n) is 1.35. The molecule has 0 atom stereocenters. The fraction of sp³-hybridized carbons (Fsp3) is 0.600. The quantitative estimate of drug-likeness (QED) is 0.769. The van der Waals surface area contributed by atoms with Crippen molar-refractivity contribution in [1.82, 2.24) is 9.97 Å². The number of hydrogen-bond donors (Lipinski definition) is 1. The van der Waals surface area contributed by atoms with E-state index in [1.165, 1.54) is 18.5 Å². The number of aromatic nitrogens is 2. The third-order valence-electron chi connectivity index (χ3n) is 2.12. The summed E-state index contributed by atoms with van der Waals surface area (Å²) in [5.41, 5.74) is 1.19. The number of hydrogen-bond acceptors (Lipinski definition) is 3. The molecule has 1 N–H and O–H groups in total. The van der Waals surface area contributed by atoms with Gasteiger partial charge in [0.2, 0.25) is 0 Å². The van der Waals surface area contributed by atoms with Gasteiger partial charge in [0.05, 0.1) is 0 Å². The summed E-state index contributed by atoms with van der Waals surface area (Å²) in [5, 5.41) is 3.28. The second kappa shape index (κ2) is 3.32. The minimum absolute atomic E-state index is 0.432. The van der Waals surface area contributed by atoms with Gasteiger partial charge in [0, 0.05) is 23.7 Å². The summed E-state index contributed by atoms with van der Waals surface area (Å²) in [6, 6.07) is 2.50. The topological polar surface area (TPSA) is 37.8 Å². The van der Waals surface area contributed by atoms with Crippen LogP contribution in [-0.4, -0.2) is 16.0 Å². The average molecular weight is 177 g/mol. The Balaban J connectivity index is 2.12. The zero-order valence-electron chi connectivity index (χ0n) is 8.12. The zero-order valence-corrected chi connectivity index (χ0v) is 8.12. The van der Waals surface area contributed by atoms with E-state index in [0.717, 1.165) is 5.82 Å². The van der Waals surface area contributed by atoms with E-state index in [1.54, 1.807) is 6.33 Å². The molecule has 1 aliphatic rings. The normalized spacial score (nSPS) is 16.2. The van der Waals surface area contributed by atoms with Crippen molar-refractivity contribution >= 4 is 5.82 Å². The summed E-state index contributed by atoms with van der Waals surface area (Å²) in [5.74, 6) is 1.66. The largest absolute Gasteiger partial charge is 0.368 e. The molecular weight excluding hydrogens is 162 g/mol. The average Bonchev–Trinajstić information content (AvgIpc) is 2.85. The van der Waals surface area contributed by atoms with Crippen molar-refractivity contribution in [2.45, 2.75) is 38.6 Å². The lowest BCUT2D eigenvalue weighted by Gasteiger charge is -2.08. The van der Waals surface area contributed by atoms with Gasteiger partial charge in [-0.1, -0.05) is 0 Å². The van der Waals surface area contributed by atoms with Crippen LogP contribution in [0, 0.1) is 0 Å². The van der Waals surface area contributed by atoms with E-state index in [4.69, 9.17) is 0 Å². The van der Waals surface area contributed by atoms with E-state index in [0.29, 0.717) is 12.0 Å². The van der Waals surface area contributed by atoms with Crippen LogP contribution in [0.2, 0.25) is 0 Å². The van der Waals surface area contributed by atoms with Gasteiger partial charge in [0.25, 0.3) is 0 Å². The number of nitrogens with zero attached hydrogens (tertiary/aromatic N) is 2. The van der Waals surface area contributed by atoms with Gasteiger partial charge in [-0.25, -0.2) is 9.97 Å². The molecule has 0 radical (unpaired) electrons. The molecule has 70 valence electrons. The molecule has 0 bridgehead atoms. The van der Waals surface area contributed by atoms with E-state index in [2.05, 4.69) is 35.2 Å². The van der Waals surface area contributed by atoms with E-state index in [1.807, 2.05) is 0 Å². The van der Waals surface area contributed by atoms with Gasteiger partial charge in [0.1, 0.15) is 12.1 Å². The van der Waals surface area contributed by atoms with Crippen LogP contribution in [0.5, 0.6) is 0 Å². The first-order valence-corrected chi connectivity index (χ1v) is 4.84. The van der Waals surface area contributed by atoms with Crippen LogP contribution < -0.4 is 5.32 Å². The third-order valence-corrected chi connectivity index (χ3v) is 2.12. The molecule has 1 heterocycles. The number of rotatable bonds is 3. The molecule has 1 aromatic rings. The molecule has 1 aliphatic carbocycles. The van der Waals surface area contributed by atoms with Crippen LogP contribution in [0.15, 0.2) is 12.4 Å². The Morgan fingerprint density at radius 3 is 2.77 bits per heavy atom. The van der Waals surface area contributed by atoms with Crippen LogP contribution >= 0.6 is 0 Å². The first kappa shape index (κ1) is 8.48. The van der Waals surface area contributed by atoms with E-state index in [9.17, 15) is 0 Å². The first-order valence-electron chi connectivity index (χ1n) is 4.84. The minimum atomic E-state index is 0.432. The van der Waals surface area contributed by atoms with Crippen molar-refractivity contribution in [1.29, 1.82) is 0 Å². The smallest absolute Gasteiger partial charge is 0.129 e. The Morgan fingerprint density at radius 1 is 1.38 bits per heavy atom. The van der Waals surface area contributed by atoms with Crippen LogP contribution in [-0.2, 0) is 0 Å². The Bertz CT molecular complexity index is 292. The highest BCUT2D eigenvalue weighted by atomic mass is 15.0. The van der Waals surface area contributed by atoms with Crippen molar-refractivity contribution < 1.29 is 0 Å². The second-order valence-corrected chi connectivity index (χ2v) is 3.90. The predicted octanol–water partition coefficient (Wildman–Crippen LogP) is 2.17. The van der Waals surface area contributed by atoms with Crippen molar-refractivity contribution in [3.63, 3.8) is 0 Å². The molecule has 0 amide bonds. The molecule has 0 aliphatic heterocycles. The maximum Gasteiger partial charge on any atom is 0.129 e. The van der Waals surface area contributed by atoms with Crippen molar-refractivity contribution in [3.05, 3.63) is 18.1 Å². The molecular formula is C10H15N3. The van der Waals surface area contributed by atoms with Gasteiger partial charge >= 0.3 is 0 Å². The summed E-state index contributed by atoms with van der Waals surface area (Å²) in [6.45, 7) is 4.22. The Hall–Kier alpha value is -1.12. The minimum Gasteiger partial charge on any atom is -0.368 e. The van der Waals surface area contributed by atoms with Crippen LogP contribution in [0.1, 0.15) is 38.3 Å². The summed E-state index contributed by atoms with van der Waals surface area (Å²) < 4.78 is 0. The predicted molar refractivity (Wildman–Crippen MR) is 52.8 cm³/mol. The van der Waals surface area contributed by atoms with Gasteiger partial charge in [-0.3, -0.25) is 0 Å².